The van der Waals surface area contributed by atoms with Crippen LogP contribution < -0.4 is 10.1 Å². The average Bonchev–Trinajstić information content (AvgIpc) is 2.69. The van der Waals surface area contributed by atoms with Gasteiger partial charge in [0.1, 0.15) is 11.5 Å². The molecule has 3 aromatic rings. The molecular weight excluding hydrogens is 326 g/mol. The zero-order valence-electron chi connectivity index (χ0n) is 14.6. The number of nitrogens with one attached hydrogen (secondary N) is 1. The Morgan fingerprint density at radius 1 is 0.923 bits per heavy atom. The van der Waals surface area contributed by atoms with Crippen LogP contribution in [0.2, 0.25) is 0 Å². The summed E-state index contributed by atoms with van der Waals surface area (Å²) in [6, 6.07) is 22.5. The third-order valence-corrected chi connectivity index (χ3v) is 4.00. The van der Waals surface area contributed by atoms with Gasteiger partial charge in [-0.25, -0.2) is 0 Å². The lowest BCUT2D eigenvalue weighted by Gasteiger charge is -2.14. The van der Waals surface area contributed by atoms with E-state index in [9.17, 15) is 9.90 Å². The van der Waals surface area contributed by atoms with E-state index in [0.29, 0.717) is 23.4 Å². The van der Waals surface area contributed by atoms with Crippen molar-refractivity contribution in [3.8, 4) is 33.8 Å². The fraction of sp³-hybridized carbons (Fsp3) is 0.136. The maximum absolute atomic E-state index is 12.0. The molecule has 0 saturated carbocycles. The van der Waals surface area contributed by atoms with Gasteiger partial charge in [0.25, 0.3) is 0 Å². The SMILES string of the molecule is CCNCC(=O)Oc1cc(-c2ccccc2)c(O)c(-c2ccccc2)c1. The summed E-state index contributed by atoms with van der Waals surface area (Å²) in [6.07, 6.45) is 0. The molecule has 0 bridgehead atoms. The van der Waals surface area contributed by atoms with Gasteiger partial charge in [0.2, 0.25) is 0 Å². The maximum atomic E-state index is 12.0. The lowest BCUT2D eigenvalue weighted by molar-refractivity contribution is -0.133. The highest BCUT2D eigenvalue weighted by Crippen LogP contribution is 2.41. The number of carbonyl (C=O) groups is 1. The third-order valence-electron chi connectivity index (χ3n) is 4.00. The van der Waals surface area contributed by atoms with E-state index in [-0.39, 0.29) is 18.3 Å². The molecule has 132 valence electrons. The van der Waals surface area contributed by atoms with E-state index in [1.54, 1.807) is 12.1 Å². The molecule has 2 N–H and O–H groups in total. The lowest BCUT2D eigenvalue weighted by Crippen LogP contribution is -2.26. The summed E-state index contributed by atoms with van der Waals surface area (Å²) in [5.74, 6) is 0.202. The third kappa shape index (κ3) is 4.10. The molecule has 3 rings (SSSR count). The molecule has 0 atom stereocenters. The Kier molecular flexibility index (Phi) is 5.66. The van der Waals surface area contributed by atoms with E-state index in [0.717, 1.165) is 11.1 Å². The van der Waals surface area contributed by atoms with Crippen LogP contribution in [0.3, 0.4) is 0 Å². The fourth-order valence-corrected chi connectivity index (χ4v) is 2.74. The minimum Gasteiger partial charge on any atom is -0.507 e. The van der Waals surface area contributed by atoms with Gasteiger partial charge in [-0.05, 0) is 29.8 Å². The van der Waals surface area contributed by atoms with Crippen molar-refractivity contribution in [3.05, 3.63) is 72.8 Å². The Morgan fingerprint density at radius 2 is 1.42 bits per heavy atom. The van der Waals surface area contributed by atoms with Gasteiger partial charge < -0.3 is 15.2 Å². The van der Waals surface area contributed by atoms with Crippen LogP contribution in [0, 0.1) is 0 Å². The molecule has 0 fully saturated rings. The summed E-state index contributed by atoms with van der Waals surface area (Å²) in [7, 11) is 0. The summed E-state index contributed by atoms with van der Waals surface area (Å²) >= 11 is 0. The topological polar surface area (TPSA) is 58.6 Å². The number of esters is 1. The first-order chi connectivity index (χ1) is 12.7. The highest BCUT2D eigenvalue weighted by atomic mass is 16.5. The van der Waals surface area contributed by atoms with E-state index in [4.69, 9.17) is 4.74 Å². The van der Waals surface area contributed by atoms with E-state index < -0.39 is 0 Å². The van der Waals surface area contributed by atoms with Crippen molar-refractivity contribution in [2.45, 2.75) is 6.92 Å². The van der Waals surface area contributed by atoms with Gasteiger partial charge in [-0.15, -0.1) is 0 Å². The second kappa shape index (κ2) is 8.32. The normalized spacial score (nSPS) is 10.5. The number of likely N-dealkylation sites (N-methyl/N-ethyl adjacent to an activating group) is 1. The zero-order chi connectivity index (χ0) is 18.4. The van der Waals surface area contributed by atoms with Gasteiger partial charge >= 0.3 is 5.97 Å². The molecule has 0 saturated heterocycles. The minimum atomic E-state index is -0.365. The van der Waals surface area contributed by atoms with Gasteiger partial charge in [0.15, 0.2) is 0 Å². The highest BCUT2D eigenvalue weighted by Gasteiger charge is 2.15. The summed E-state index contributed by atoms with van der Waals surface area (Å²) in [5, 5.41) is 13.8. The van der Waals surface area contributed by atoms with Gasteiger partial charge in [0.05, 0.1) is 6.54 Å². The first kappa shape index (κ1) is 17.7. The van der Waals surface area contributed by atoms with Gasteiger partial charge in [-0.2, -0.15) is 0 Å². The van der Waals surface area contributed by atoms with Crippen LogP contribution in [0.4, 0.5) is 0 Å². The lowest BCUT2D eigenvalue weighted by atomic mass is 9.97. The maximum Gasteiger partial charge on any atom is 0.325 e. The first-order valence-corrected chi connectivity index (χ1v) is 8.58. The van der Waals surface area contributed by atoms with Crippen molar-refractivity contribution in [2.75, 3.05) is 13.1 Å². The molecule has 0 unspecified atom stereocenters. The Bertz CT molecular complexity index is 816. The van der Waals surface area contributed by atoms with Gasteiger partial charge in [-0.3, -0.25) is 4.79 Å². The Hall–Kier alpha value is -3.11. The number of hydrogen-bond donors (Lipinski definition) is 2. The van der Waals surface area contributed by atoms with Crippen molar-refractivity contribution in [3.63, 3.8) is 0 Å². The number of phenols is 1. The largest absolute Gasteiger partial charge is 0.507 e. The smallest absolute Gasteiger partial charge is 0.325 e. The molecule has 0 aliphatic rings. The minimum absolute atomic E-state index is 0.138. The van der Waals surface area contributed by atoms with Crippen molar-refractivity contribution >= 4 is 5.97 Å². The van der Waals surface area contributed by atoms with Crippen molar-refractivity contribution < 1.29 is 14.6 Å². The molecule has 0 aliphatic carbocycles. The second-order valence-electron chi connectivity index (χ2n) is 5.85. The van der Waals surface area contributed by atoms with Crippen LogP contribution in [0.5, 0.6) is 11.5 Å². The van der Waals surface area contributed by atoms with Crippen LogP contribution in [0.15, 0.2) is 72.8 Å². The quantitative estimate of drug-likeness (QED) is 0.517. The molecule has 0 amide bonds. The molecule has 4 nitrogen and oxygen atoms in total. The first-order valence-electron chi connectivity index (χ1n) is 8.58. The highest BCUT2D eigenvalue weighted by molar-refractivity contribution is 5.85. The predicted molar refractivity (Wildman–Crippen MR) is 103 cm³/mol. The molecule has 0 aromatic heterocycles. The summed E-state index contributed by atoms with van der Waals surface area (Å²) in [5.41, 5.74) is 2.95. The summed E-state index contributed by atoms with van der Waals surface area (Å²) in [6.45, 7) is 2.75. The molecule has 4 heteroatoms. The number of aromatic hydroxyl groups is 1. The van der Waals surface area contributed by atoms with E-state index >= 15 is 0 Å². The van der Waals surface area contributed by atoms with Crippen molar-refractivity contribution in [1.29, 1.82) is 0 Å². The number of phenolic OH excluding ortho intramolecular Hbond substituents is 1. The number of hydrogen-bond acceptors (Lipinski definition) is 4. The van der Waals surface area contributed by atoms with Crippen LogP contribution >= 0.6 is 0 Å². The zero-order valence-corrected chi connectivity index (χ0v) is 14.6. The number of benzene rings is 3. The summed E-state index contributed by atoms with van der Waals surface area (Å²) in [4.78, 5) is 12.0. The van der Waals surface area contributed by atoms with Crippen LogP contribution in [0.25, 0.3) is 22.3 Å². The molecule has 0 radical (unpaired) electrons. The fourth-order valence-electron chi connectivity index (χ4n) is 2.74. The molecule has 3 aromatic carbocycles. The van der Waals surface area contributed by atoms with E-state index in [1.807, 2.05) is 67.6 Å². The van der Waals surface area contributed by atoms with Crippen LogP contribution in [-0.2, 0) is 4.79 Å². The molecule has 0 spiro atoms. The average molecular weight is 347 g/mol. The predicted octanol–water partition coefficient (Wildman–Crippen LogP) is 4.24. The number of carbonyl (C=O) groups excluding carboxylic acids is 1. The van der Waals surface area contributed by atoms with Crippen LogP contribution in [0.1, 0.15) is 6.92 Å². The van der Waals surface area contributed by atoms with E-state index in [2.05, 4.69) is 5.32 Å². The summed E-state index contributed by atoms with van der Waals surface area (Å²) < 4.78 is 5.48. The molecule has 0 heterocycles. The molecular formula is C22H21NO3. The van der Waals surface area contributed by atoms with Gasteiger partial charge in [0, 0.05) is 11.1 Å². The van der Waals surface area contributed by atoms with Crippen LogP contribution in [-0.4, -0.2) is 24.2 Å². The number of ether oxygens (including phenoxy) is 1. The van der Waals surface area contributed by atoms with Gasteiger partial charge in [-0.1, -0.05) is 67.6 Å². The van der Waals surface area contributed by atoms with Crippen molar-refractivity contribution in [1.82, 2.24) is 5.32 Å². The molecule has 0 aliphatic heterocycles. The Morgan fingerprint density at radius 3 is 1.88 bits per heavy atom. The Labute approximate surface area is 153 Å². The van der Waals surface area contributed by atoms with E-state index in [1.165, 1.54) is 0 Å². The second-order valence-corrected chi connectivity index (χ2v) is 5.85. The Balaban J connectivity index is 2.06. The van der Waals surface area contributed by atoms with Crippen molar-refractivity contribution in [2.24, 2.45) is 0 Å². The number of rotatable bonds is 6. The monoisotopic (exact) mass is 347 g/mol. The molecule has 26 heavy (non-hydrogen) atoms. The standard InChI is InChI=1S/C22H21NO3/c1-2-23-15-21(24)26-18-13-19(16-9-5-3-6-10-16)22(25)20(14-18)17-11-7-4-8-12-17/h3-14,23,25H,2,15H2,1H3.